The molecule has 0 bridgehead atoms. The average molecular weight is 655 g/mol. The van der Waals surface area contributed by atoms with E-state index in [9.17, 15) is 18.0 Å². The summed E-state index contributed by atoms with van der Waals surface area (Å²) in [6, 6.07) is 35.4. The Kier molecular flexibility index (Phi) is 7.63. The highest BCUT2D eigenvalue weighted by Crippen LogP contribution is 2.56. The van der Waals surface area contributed by atoms with E-state index in [1.54, 1.807) is 6.07 Å². The second kappa shape index (κ2) is 11.7. The van der Waals surface area contributed by atoms with E-state index in [-0.39, 0.29) is 0 Å². The number of ether oxygens (including phenoxy) is 2. The van der Waals surface area contributed by atoms with Gasteiger partial charge in [0.1, 0.15) is 23.2 Å². The number of anilines is 2. The largest absolute Gasteiger partial charge is 0.456 e. The number of nitrogens with zero attached hydrogens (tertiary/aromatic N) is 2. The molecule has 5 aromatic carbocycles. The molecule has 0 N–H and O–H groups in total. The fourth-order valence-corrected chi connectivity index (χ4v) is 6.98. The van der Waals surface area contributed by atoms with Crippen molar-refractivity contribution in [3.05, 3.63) is 155 Å². The van der Waals surface area contributed by atoms with Crippen molar-refractivity contribution in [2.75, 3.05) is 9.80 Å². The number of esters is 1. The summed E-state index contributed by atoms with van der Waals surface area (Å²) in [6.45, 7) is 4.22. The molecule has 2 heterocycles. The van der Waals surface area contributed by atoms with E-state index in [0.717, 1.165) is 34.5 Å². The molecule has 5 nitrogen and oxygen atoms in total. The van der Waals surface area contributed by atoms with Gasteiger partial charge >= 0.3 is 12.1 Å². The molecule has 0 fully saturated rings. The summed E-state index contributed by atoms with van der Waals surface area (Å²) < 4.78 is 53.1. The van der Waals surface area contributed by atoms with Gasteiger partial charge in [0.2, 0.25) is 0 Å². The van der Waals surface area contributed by atoms with Crippen molar-refractivity contribution in [1.82, 2.24) is 0 Å². The third-order valence-electron chi connectivity index (χ3n) is 8.86. The number of hydrogen-bond donors (Lipinski definition) is 0. The first-order valence-corrected chi connectivity index (χ1v) is 15.7. The lowest BCUT2D eigenvalue weighted by Gasteiger charge is -2.43. The van der Waals surface area contributed by atoms with Crippen LogP contribution in [0.3, 0.4) is 0 Å². The number of benzene rings is 5. The molecule has 3 unspecified atom stereocenters. The summed E-state index contributed by atoms with van der Waals surface area (Å²) in [5, 5.41) is 0. The zero-order valence-electron chi connectivity index (χ0n) is 25.5. The van der Waals surface area contributed by atoms with Gasteiger partial charge in [0, 0.05) is 40.7 Å². The molecule has 0 aromatic heterocycles. The first-order chi connectivity index (χ1) is 22.6. The lowest BCUT2D eigenvalue weighted by Crippen LogP contribution is -2.49. The number of halogens is 4. The van der Waals surface area contributed by atoms with Gasteiger partial charge in [-0.1, -0.05) is 78.3 Å². The second-order valence-electron chi connectivity index (χ2n) is 11.7. The van der Waals surface area contributed by atoms with E-state index < -0.39 is 35.0 Å². The van der Waals surface area contributed by atoms with Gasteiger partial charge in [0.05, 0.1) is 11.1 Å². The van der Waals surface area contributed by atoms with E-state index in [2.05, 4.69) is 0 Å². The van der Waals surface area contributed by atoms with Crippen LogP contribution in [0.25, 0.3) is 0 Å². The number of alkyl halides is 4. The van der Waals surface area contributed by atoms with Crippen LogP contribution >= 0.6 is 11.6 Å². The Morgan fingerprint density at radius 2 is 1.36 bits per heavy atom. The van der Waals surface area contributed by atoms with Crippen molar-refractivity contribution < 1.29 is 27.4 Å². The Bertz CT molecular complexity index is 1950. The number of para-hydroxylation sites is 1. The summed E-state index contributed by atoms with van der Waals surface area (Å²) >= 11 is 6.90. The molecule has 2 aliphatic rings. The highest BCUT2D eigenvalue weighted by molar-refractivity contribution is 6.21. The minimum atomic E-state index is -4.45. The van der Waals surface area contributed by atoms with Crippen LogP contribution in [0, 0.1) is 0 Å². The minimum absolute atomic E-state index is 0.412. The van der Waals surface area contributed by atoms with Gasteiger partial charge in [-0.15, -0.1) is 0 Å². The van der Waals surface area contributed by atoms with Crippen LogP contribution in [0.5, 0.6) is 11.5 Å². The van der Waals surface area contributed by atoms with Crippen molar-refractivity contribution in [3.63, 3.8) is 0 Å². The Morgan fingerprint density at radius 3 is 2.06 bits per heavy atom. The lowest BCUT2D eigenvalue weighted by atomic mass is 9.77. The maximum absolute atomic E-state index is 13.4. The van der Waals surface area contributed by atoms with E-state index in [4.69, 9.17) is 21.1 Å². The molecule has 2 aliphatic heterocycles. The highest BCUT2D eigenvalue weighted by atomic mass is 35.5. The minimum Gasteiger partial charge on any atom is -0.456 e. The van der Waals surface area contributed by atoms with Gasteiger partial charge in [-0.25, -0.2) is 4.79 Å². The predicted octanol–water partition coefficient (Wildman–Crippen LogP) is 9.72. The fraction of sp³-hybridized carbons (Fsp3) is 0.184. The van der Waals surface area contributed by atoms with Gasteiger partial charge in [0.25, 0.3) is 0 Å². The van der Waals surface area contributed by atoms with Gasteiger partial charge in [-0.05, 0) is 67.9 Å². The third-order valence-corrected chi connectivity index (χ3v) is 9.07. The SMILES string of the molecule is CC(Cl)N(c1ccc2c(c1)Oc1ccccc1C21OC(=O)c2ccccc21)C(C)N(Cc1ccccc1)c1ccc(C(F)(F)F)cc1. The molecule has 0 saturated carbocycles. The summed E-state index contributed by atoms with van der Waals surface area (Å²) in [7, 11) is 0. The van der Waals surface area contributed by atoms with Gasteiger partial charge in [-0.3, -0.25) is 0 Å². The molecule has 47 heavy (non-hydrogen) atoms. The summed E-state index contributed by atoms with van der Waals surface area (Å²) in [6.07, 6.45) is -4.87. The van der Waals surface area contributed by atoms with E-state index >= 15 is 0 Å². The van der Waals surface area contributed by atoms with Crippen LogP contribution in [0.4, 0.5) is 24.5 Å². The van der Waals surface area contributed by atoms with Crippen LogP contribution in [0.1, 0.15) is 52.0 Å². The first kappa shape index (κ1) is 30.7. The smallest absolute Gasteiger partial charge is 0.416 e. The topological polar surface area (TPSA) is 42.0 Å². The monoisotopic (exact) mass is 654 g/mol. The van der Waals surface area contributed by atoms with Crippen LogP contribution < -0.4 is 14.5 Å². The van der Waals surface area contributed by atoms with Crippen LogP contribution in [0.2, 0.25) is 0 Å². The third kappa shape index (κ3) is 5.26. The zero-order valence-corrected chi connectivity index (χ0v) is 26.3. The van der Waals surface area contributed by atoms with Gasteiger partial charge < -0.3 is 19.3 Å². The maximum atomic E-state index is 13.4. The number of fused-ring (bicyclic) bond motifs is 6. The van der Waals surface area contributed by atoms with Crippen molar-refractivity contribution in [2.45, 2.75) is 43.8 Å². The number of rotatable bonds is 7. The van der Waals surface area contributed by atoms with Crippen molar-refractivity contribution in [1.29, 1.82) is 0 Å². The Balaban J connectivity index is 1.32. The van der Waals surface area contributed by atoms with Gasteiger partial charge in [-0.2, -0.15) is 13.2 Å². The van der Waals surface area contributed by atoms with E-state index in [0.29, 0.717) is 34.9 Å². The van der Waals surface area contributed by atoms with E-state index in [1.807, 2.05) is 115 Å². The van der Waals surface area contributed by atoms with Crippen LogP contribution in [0.15, 0.2) is 121 Å². The summed E-state index contributed by atoms with van der Waals surface area (Å²) in [5.74, 6) is 0.657. The number of carbonyl (C=O) groups excluding carboxylic acids is 1. The molecule has 9 heteroatoms. The second-order valence-corrected chi connectivity index (χ2v) is 12.3. The van der Waals surface area contributed by atoms with Crippen LogP contribution in [-0.4, -0.2) is 17.6 Å². The molecule has 5 aromatic rings. The van der Waals surface area contributed by atoms with Crippen molar-refractivity contribution >= 4 is 28.9 Å². The number of hydrogen-bond acceptors (Lipinski definition) is 5. The Labute approximate surface area is 275 Å². The Hall–Kier alpha value is -4.95. The molecule has 1 spiro atoms. The molecule has 0 radical (unpaired) electrons. The fourth-order valence-electron chi connectivity index (χ4n) is 6.70. The lowest BCUT2D eigenvalue weighted by molar-refractivity contribution is -0.137. The number of carbonyl (C=O) groups is 1. The van der Waals surface area contributed by atoms with Crippen LogP contribution in [-0.2, 0) is 23.1 Å². The molecule has 0 amide bonds. The molecule has 238 valence electrons. The van der Waals surface area contributed by atoms with Crippen molar-refractivity contribution in [3.8, 4) is 11.5 Å². The zero-order chi connectivity index (χ0) is 32.9. The molecule has 0 saturated heterocycles. The quantitative estimate of drug-likeness (QED) is 0.0757. The highest BCUT2D eigenvalue weighted by Gasteiger charge is 2.53. The standard InChI is InChI=1S/C38H30ClF3N2O3/c1-24(39)44(25(2)43(23-26-10-4-3-5-11-26)28-18-16-27(17-19-28)38(40,41)42)29-20-21-33-35(22-29)46-34-15-9-8-14-32(34)37(33)31-13-7-6-12-30(31)36(45)47-37/h3-22,24-25H,23H2,1-2H3. The summed E-state index contributed by atoms with van der Waals surface area (Å²) in [4.78, 5) is 17.2. The molecule has 0 aliphatic carbocycles. The first-order valence-electron chi connectivity index (χ1n) is 15.2. The Morgan fingerprint density at radius 1 is 0.745 bits per heavy atom. The molecule has 7 rings (SSSR count). The normalized spacial score (nSPS) is 17.5. The van der Waals surface area contributed by atoms with Gasteiger partial charge in [0.15, 0.2) is 5.60 Å². The average Bonchev–Trinajstić information content (AvgIpc) is 3.36. The molecular weight excluding hydrogens is 625 g/mol. The molecule has 3 atom stereocenters. The maximum Gasteiger partial charge on any atom is 0.416 e. The summed E-state index contributed by atoms with van der Waals surface area (Å²) in [5.41, 5.74) is 2.50. The predicted molar refractivity (Wildman–Crippen MR) is 176 cm³/mol. The van der Waals surface area contributed by atoms with E-state index in [1.165, 1.54) is 12.1 Å². The van der Waals surface area contributed by atoms with Crippen molar-refractivity contribution in [2.24, 2.45) is 0 Å². The molecular formula is C38H30ClF3N2O3.